The molecule has 3 aromatic rings. The Kier molecular flexibility index (Phi) is 26.5. The molecule has 21 heteroatoms. The van der Waals surface area contributed by atoms with Crippen molar-refractivity contribution in [1.29, 1.82) is 0 Å². The molecule has 0 bridgehead atoms. The van der Waals surface area contributed by atoms with Crippen LogP contribution in [0.25, 0.3) is 0 Å². The molecule has 1 heterocycles. The summed E-state index contributed by atoms with van der Waals surface area (Å²) < 4.78 is 33.5. The number of hydrogen-bond acceptors (Lipinski definition) is 16. The summed E-state index contributed by atoms with van der Waals surface area (Å²) in [5, 5.41) is 19.7. The maximum absolute atomic E-state index is 14.5. The summed E-state index contributed by atoms with van der Waals surface area (Å²) in [5.74, 6) is -7.71. The third-order valence-electron chi connectivity index (χ3n) is 14.2. The van der Waals surface area contributed by atoms with Gasteiger partial charge in [0.15, 0.2) is 11.9 Å². The third-order valence-corrected chi connectivity index (χ3v) is 14.2. The maximum atomic E-state index is 14.5. The lowest BCUT2D eigenvalue weighted by Gasteiger charge is -2.33. The molecule has 21 nitrogen and oxygen atoms in total. The zero-order valence-corrected chi connectivity index (χ0v) is 50.3. The lowest BCUT2D eigenvalue weighted by molar-refractivity contribution is -0.162. The van der Waals surface area contributed by atoms with Gasteiger partial charge in [-0.2, -0.15) is 0 Å². The minimum absolute atomic E-state index is 0.0294. The van der Waals surface area contributed by atoms with E-state index < -0.39 is 132 Å². The molecule has 4 N–H and O–H groups in total. The number of aliphatic hydroxyl groups excluding tert-OH is 1. The van der Waals surface area contributed by atoms with Crippen LogP contribution in [0.2, 0.25) is 0 Å². The predicted octanol–water partition coefficient (Wildman–Crippen LogP) is 7.02. The lowest BCUT2D eigenvalue weighted by Crippen LogP contribution is -2.59. The molecular weight excluding hydrogens is 1070 g/mol. The van der Waals surface area contributed by atoms with Crippen LogP contribution in [0.15, 0.2) is 84.9 Å². The molecule has 5 amide bonds. The number of methoxy groups -OCH3 is 1. The van der Waals surface area contributed by atoms with Crippen LogP contribution >= 0.6 is 0 Å². The quantitative estimate of drug-likeness (QED) is 0.0309. The molecule has 1 fully saturated rings. The number of likely N-dealkylation sites (N-methyl/N-ethyl adjacent to an activating group) is 1. The van der Waals surface area contributed by atoms with Crippen molar-refractivity contribution in [3.8, 4) is 5.75 Å². The van der Waals surface area contributed by atoms with Gasteiger partial charge in [0.2, 0.25) is 17.7 Å². The zero-order valence-electron chi connectivity index (χ0n) is 50.3. The van der Waals surface area contributed by atoms with Gasteiger partial charge in [0.25, 0.3) is 0 Å². The Morgan fingerprint density at radius 1 is 0.747 bits per heavy atom. The van der Waals surface area contributed by atoms with Gasteiger partial charge < -0.3 is 54.4 Å². The van der Waals surface area contributed by atoms with Crippen LogP contribution in [-0.2, 0) is 76.9 Å². The van der Waals surface area contributed by atoms with Gasteiger partial charge in [-0.25, -0.2) is 19.2 Å². The number of carbonyl (C=O) groups is 9. The van der Waals surface area contributed by atoms with Crippen molar-refractivity contribution < 1.29 is 76.7 Å². The van der Waals surface area contributed by atoms with Crippen molar-refractivity contribution in [2.75, 3.05) is 20.7 Å². The molecule has 0 saturated carbocycles. The summed E-state index contributed by atoms with van der Waals surface area (Å²) in [4.78, 5) is 127. The van der Waals surface area contributed by atoms with Gasteiger partial charge in [-0.15, -0.1) is 0 Å². The zero-order chi connectivity index (χ0) is 61.7. The number of nitrogens with one attached hydrogen (secondary N) is 3. The number of ketones is 1. The van der Waals surface area contributed by atoms with Crippen molar-refractivity contribution in [2.45, 2.75) is 182 Å². The first-order chi connectivity index (χ1) is 39.1. The second-order valence-electron chi connectivity index (χ2n) is 22.9. The molecule has 4 rings (SSSR count). The number of alkyl carbamates (subject to hydrolysis) is 1. The van der Waals surface area contributed by atoms with E-state index in [2.05, 4.69) is 16.0 Å². The Morgan fingerprint density at radius 3 is 1.88 bits per heavy atom. The van der Waals surface area contributed by atoms with E-state index in [4.69, 9.17) is 28.4 Å². The number of amides is 5. The van der Waals surface area contributed by atoms with Crippen molar-refractivity contribution in [3.05, 3.63) is 102 Å². The van der Waals surface area contributed by atoms with Crippen molar-refractivity contribution in [3.63, 3.8) is 0 Å². The van der Waals surface area contributed by atoms with Crippen LogP contribution in [0.1, 0.15) is 125 Å². The Morgan fingerprint density at radius 2 is 1.34 bits per heavy atom. The maximum Gasteiger partial charge on any atom is 0.410 e. The SMILES string of the molecule is CC[C@H](C)[C@@H](NC(=O)[C@@H](NC(=O)OC(C)(C)C)[C@@H](C)OC(=O)[C@H](Cc1ccc(OC)cc1)N(C)C(=O)OCc1ccccc1)[C@@H](O)CC(=O)O[C@H](C(=O)C(C)C(=O)N[C@@H](CC(C)C)C(=O)N1CCC[C@H]1C(=O)OCc1ccccc1)C(C)C. The number of nitrogens with zero attached hydrogens (tertiary/aromatic N) is 2. The summed E-state index contributed by atoms with van der Waals surface area (Å²) >= 11 is 0. The van der Waals surface area contributed by atoms with Gasteiger partial charge in [-0.3, -0.25) is 28.9 Å². The Bertz CT molecular complexity index is 2630. The number of aliphatic hydroxyl groups is 1. The van der Waals surface area contributed by atoms with Gasteiger partial charge in [0.1, 0.15) is 54.8 Å². The monoisotopic (exact) mass is 1160 g/mol. The fourth-order valence-corrected chi connectivity index (χ4v) is 9.27. The van der Waals surface area contributed by atoms with Crippen LogP contribution in [0.4, 0.5) is 9.59 Å². The van der Waals surface area contributed by atoms with Crippen LogP contribution < -0.4 is 20.7 Å². The van der Waals surface area contributed by atoms with Gasteiger partial charge in [0, 0.05) is 20.0 Å². The third kappa shape index (κ3) is 21.3. The Hall–Kier alpha value is -7.55. The second-order valence-corrected chi connectivity index (χ2v) is 22.9. The van der Waals surface area contributed by atoms with Crippen molar-refractivity contribution in [2.24, 2.45) is 23.7 Å². The first-order valence-corrected chi connectivity index (χ1v) is 28.4. The minimum Gasteiger partial charge on any atom is -0.497 e. The molecule has 10 atom stereocenters. The van der Waals surface area contributed by atoms with E-state index in [-0.39, 0.29) is 38.5 Å². The summed E-state index contributed by atoms with van der Waals surface area (Å²) in [6.07, 6.45) is -5.81. The number of likely N-dealkylation sites (tertiary alicyclic amines) is 1. The molecule has 1 aliphatic heterocycles. The van der Waals surface area contributed by atoms with Crippen molar-refractivity contribution >= 4 is 53.6 Å². The van der Waals surface area contributed by atoms with E-state index >= 15 is 0 Å². The van der Waals surface area contributed by atoms with E-state index in [1.165, 1.54) is 32.9 Å². The average molecular weight is 1160 g/mol. The van der Waals surface area contributed by atoms with Gasteiger partial charge in [-0.1, -0.05) is 121 Å². The highest BCUT2D eigenvalue weighted by molar-refractivity contribution is 6.05. The minimum atomic E-state index is -1.68. The number of benzene rings is 3. The molecule has 0 aliphatic carbocycles. The largest absolute Gasteiger partial charge is 0.497 e. The highest BCUT2D eigenvalue weighted by Gasteiger charge is 2.42. The van der Waals surface area contributed by atoms with Crippen LogP contribution in [0, 0.1) is 23.7 Å². The van der Waals surface area contributed by atoms with Crippen LogP contribution in [-0.4, -0.2) is 143 Å². The molecule has 456 valence electrons. The highest BCUT2D eigenvalue weighted by Crippen LogP contribution is 2.25. The first kappa shape index (κ1) is 68.0. The van der Waals surface area contributed by atoms with E-state index in [0.717, 1.165) is 10.5 Å². The predicted molar refractivity (Wildman–Crippen MR) is 307 cm³/mol. The number of rotatable bonds is 29. The normalized spacial score (nSPS) is 16.5. The molecule has 0 spiro atoms. The number of ether oxygens (including phenoxy) is 6. The number of hydrogen-bond donors (Lipinski definition) is 4. The Balaban J connectivity index is 1.50. The Labute approximate surface area is 488 Å². The molecule has 1 saturated heterocycles. The van der Waals surface area contributed by atoms with Gasteiger partial charge in [0.05, 0.1) is 31.6 Å². The van der Waals surface area contributed by atoms with Crippen molar-refractivity contribution in [1.82, 2.24) is 25.8 Å². The molecule has 83 heavy (non-hydrogen) atoms. The van der Waals surface area contributed by atoms with E-state index in [1.54, 1.807) is 97.0 Å². The molecule has 1 unspecified atom stereocenters. The highest BCUT2D eigenvalue weighted by atomic mass is 16.6. The second kappa shape index (κ2) is 32.3. The molecule has 0 aromatic heterocycles. The number of carbonyl (C=O) groups excluding carboxylic acids is 9. The van der Waals surface area contributed by atoms with Crippen LogP contribution in [0.3, 0.4) is 0 Å². The van der Waals surface area contributed by atoms with E-state index in [1.807, 2.05) is 50.2 Å². The topological polar surface area (TPSA) is 272 Å². The van der Waals surface area contributed by atoms with E-state index in [0.29, 0.717) is 36.1 Å². The number of Topliss-reactive ketones (excluding diaryl/α,β-unsaturated/α-hetero) is 1. The van der Waals surface area contributed by atoms with Gasteiger partial charge >= 0.3 is 30.1 Å². The summed E-state index contributed by atoms with van der Waals surface area (Å²) in [5.41, 5.74) is 1.08. The van der Waals surface area contributed by atoms with Crippen LogP contribution in [0.5, 0.6) is 5.75 Å². The fourth-order valence-electron chi connectivity index (χ4n) is 9.27. The molecule has 1 aliphatic rings. The summed E-state index contributed by atoms with van der Waals surface area (Å²) in [7, 11) is 2.87. The van der Waals surface area contributed by atoms with E-state index in [9.17, 15) is 48.3 Å². The molecular formula is C62H87N5O16. The fraction of sp³-hybridized carbons (Fsp3) is 0.565. The standard InChI is InChI=1S/C62H87N5O16/c1-14-39(6)51(49(68)34-50(69)82-54(38(4)5)53(70)40(7)55(71)63-46(32-37(2)3)57(73)67-31-21-26-47(67)58(74)79-35-43-22-17-15-18-23-43)64-56(72)52(65-60(76)83-62(9,10)11)41(8)81-59(75)48(33-42-27-29-45(78-13)30-28-42)66(12)61(77)80-36-44-24-19-16-20-25-44/h15-20,22-25,27-30,37-41,46-49,51-52,54,68H,14,21,26,31-36H2,1-13H3,(H,63,71)(H,64,72)(H,65,76)/t39-,40?,41+,46-,47-,48-,49-,51+,52-,54-/m0/s1. The average Bonchev–Trinajstić information content (AvgIpc) is 4.23. The number of esters is 3. The van der Waals surface area contributed by atoms with Gasteiger partial charge in [-0.05, 0) is 100 Å². The summed E-state index contributed by atoms with van der Waals surface area (Å²) in [6, 6.07) is 18.7. The molecule has 0 radical (unpaired) electrons. The molecule has 3 aromatic carbocycles. The first-order valence-electron chi connectivity index (χ1n) is 28.4. The summed E-state index contributed by atoms with van der Waals surface area (Å²) in [6.45, 7) is 18.1. The lowest BCUT2D eigenvalue weighted by atomic mass is 9.91. The smallest absolute Gasteiger partial charge is 0.410 e.